The molecule has 5 amide bonds. The molecule has 117 heavy (non-hydrogen) atoms. The number of ether oxygens (including phenoxy) is 5. The number of amides is 5. The van der Waals surface area contributed by atoms with Crippen LogP contribution in [0.3, 0.4) is 0 Å². The van der Waals surface area contributed by atoms with Gasteiger partial charge in [-0.2, -0.15) is 40.2 Å². The number of hydrogen-bond donors (Lipinski definition) is 7. The number of phosphoric ester groups is 1. The maximum Gasteiger partial charge on any atom is 0.524 e. The van der Waals surface area contributed by atoms with Crippen LogP contribution in [0.5, 0.6) is 5.75 Å². The summed E-state index contributed by atoms with van der Waals surface area (Å²) in [6, 6.07) is 6.39. The molecule has 634 valence electrons. The maximum atomic E-state index is 17.0. The first-order valence-corrected chi connectivity index (χ1v) is 39.3. The van der Waals surface area contributed by atoms with Crippen molar-refractivity contribution in [1.29, 1.82) is 0 Å². The first kappa shape index (κ1) is 90.4. The molecular weight excluding hydrogens is 1610 g/mol. The van der Waals surface area contributed by atoms with E-state index in [0.29, 0.717) is 108 Å². The van der Waals surface area contributed by atoms with E-state index in [1.807, 2.05) is 5.32 Å². The number of alkyl carbamates (subject to hydrolysis) is 2. The summed E-state index contributed by atoms with van der Waals surface area (Å²) < 4.78 is 222. The van der Waals surface area contributed by atoms with Crippen molar-refractivity contribution in [2.75, 3.05) is 70.6 Å². The third kappa shape index (κ3) is 22.4. The van der Waals surface area contributed by atoms with Crippen LogP contribution >= 0.6 is 7.82 Å². The second-order valence-electron chi connectivity index (χ2n) is 30.0. The molecule has 2 aromatic heterocycles. The van der Waals surface area contributed by atoms with Crippen molar-refractivity contribution in [2.24, 2.45) is 10.8 Å². The molecule has 5 heterocycles. The molecule has 6 atom stereocenters. The van der Waals surface area contributed by atoms with Crippen LogP contribution in [0.1, 0.15) is 117 Å². The van der Waals surface area contributed by atoms with Crippen LogP contribution in [0.4, 0.5) is 65.1 Å². The lowest BCUT2D eigenvalue weighted by Gasteiger charge is -2.47. The Kier molecular flexibility index (Phi) is 27.9. The number of carbonyl (C=O) groups excluding carboxylic acids is 7. The summed E-state index contributed by atoms with van der Waals surface area (Å²) in [5.74, 6) is -4.65. The SMILES string of the molecule is COC(=O)N[C@H](C(=O)N[C@@H](Cc1ccc(C#Cc2cnc(N3CC4CCC(C3)N4C3COC3)nc2)cc1)[C@H](CN(Cc1c(F)cc(-c2ccn(C(F)F)n2)cc1F)NC(=O)[C@@H](NC(=O)OC)C(C)(C)C(F)(F)F)OC(=O)CC(C)(C)c1c(CC(=O)Nc2cc(C(=O)OC)cc(S(C)(=O)=O)c2)cc(C)cc1OP(=O)(O)O)C(C)(C)C(F)(F)F. The minimum atomic E-state index is -5.66. The number of fused-ring (bicyclic) bond motifs is 2. The average Bonchev–Trinajstić information content (AvgIpc) is 1.77. The molecule has 0 saturated carbocycles. The van der Waals surface area contributed by atoms with Gasteiger partial charge in [-0.25, -0.2) is 55.8 Å². The van der Waals surface area contributed by atoms with E-state index in [0.717, 1.165) is 69.8 Å². The highest BCUT2D eigenvalue weighted by Gasteiger charge is 2.58. The number of hydrazine groups is 1. The van der Waals surface area contributed by atoms with Crippen molar-refractivity contribution in [3.05, 3.63) is 148 Å². The predicted molar refractivity (Wildman–Crippen MR) is 396 cm³/mol. The fourth-order valence-corrected chi connectivity index (χ4v) is 14.8. The van der Waals surface area contributed by atoms with Crippen LogP contribution in [-0.2, 0) is 82.1 Å². The van der Waals surface area contributed by atoms with Crippen LogP contribution < -0.4 is 36.1 Å². The lowest BCUT2D eigenvalue weighted by molar-refractivity contribution is -0.221. The summed E-state index contributed by atoms with van der Waals surface area (Å²) in [5, 5.41) is 12.5. The Morgan fingerprint density at radius 3 is 1.83 bits per heavy atom. The van der Waals surface area contributed by atoms with E-state index in [4.69, 9.17) is 18.7 Å². The molecule has 30 nitrogen and oxygen atoms in total. The van der Waals surface area contributed by atoms with Crippen molar-refractivity contribution in [3.63, 3.8) is 0 Å². The Balaban J connectivity index is 1.18. The maximum absolute atomic E-state index is 17.0. The summed E-state index contributed by atoms with van der Waals surface area (Å²) in [6.45, 7) is 2.48. The number of nitrogens with one attached hydrogen (secondary N) is 5. The molecule has 6 aromatic rings. The number of aromatic nitrogens is 4. The summed E-state index contributed by atoms with van der Waals surface area (Å²) >= 11 is 0. The lowest BCUT2D eigenvalue weighted by Crippen LogP contribution is -2.64. The highest BCUT2D eigenvalue weighted by atomic mass is 32.2. The van der Waals surface area contributed by atoms with Gasteiger partial charge in [-0.15, -0.1) is 0 Å². The van der Waals surface area contributed by atoms with Gasteiger partial charge < -0.3 is 54.4 Å². The topological polar surface area (TPSA) is 380 Å². The Morgan fingerprint density at radius 2 is 1.32 bits per heavy atom. The number of methoxy groups -OCH3 is 3. The third-order valence-electron chi connectivity index (χ3n) is 20.1. The van der Waals surface area contributed by atoms with E-state index in [2.05, 4.69) is 62.2 Å². The van der Waals surface area contributed by atoms with Gasteiger partial charge in [0, 0.05) is 89.9 Å². The van der Waals surface area contributed by atoms with Crippen LogP contribution in [0.15, 0.2) is 96.3 Å². The number of phosphoric acid groups is 1. The molecule has 42 heteroatoms. The first-order chi connectivity index (χ1) is 54.5. The highest BCUT2D eigenvalue weighted by molar-refractivity contribution is 7.90. The number of carbonyl (C=O) groups is 7. The van der Waals surface area contributed by atoms with Crippen molar-refractivity contribution in [2.45, 2.75) is 159 Å². The van der Waals surface area contributed by atoms with Gasteiger partial charge in [0.2, 0.25) is 17.8 Å². The second kappa shape index (κ2) is 36.2. The number of piperazine rings is 1. The Labute approximate surface area is 664 Å². The second-order valence-corrected chi connectivity index (χ2v) is 33.2. The van der Waals surface area contributed by atoms with Gasteiger partial charge in [0.15, 0.2) is 9.84 Å². The van der Waals surface area contributed by atoms with E-state index in [1.54, 1.807) is 5.32 Å². The fourth-order valence-electron chi connectivity index (χ4n) is 13.8. The number of sulfone groups is 1. The highest BCUT2D eigenvalue weighted by Crippen LogP contribution is 2.47. The number of halogens is 10. The molecule has 2 bridgehead atoms. The summed E-state index contributed by atoms with van der Waals surface area (Å²) in [5.41, 5.74) is -8.93. The number of nitrogens with zero attached hydrogens (tertiary/aromatic N) is 7. The van der Waals surface area contributed by atoms with Crippen LogP contribution in [0.25, 0.3) is 11.3 Å². The number of alkyl halides is 8. The molecule has 3 aliphatic rings. The molecule has 2 unspecified atom stereocenters. The number of hydrogen-bond acceptors (Lipinski definition) is 22. The zero-order valence-electron chi connectivity index (χ0n) is 64.7. The summed E-state index contributed by atoms with van der Waals surface area (Å²) in [7, 11) is -7.31. The van der Waals surface area contributed by atoms with Gasteiger partial charge in [0.05, 0.1) is 98.6 Å². The largest absolute Gasteiger partial charge is 0.524 e. The molecule has 3 saturated heterocycles. The van der Waals surface area contributed by atoms with Crippen LogP contribution in [0.2, 0.25) is 0 Å². The van der Waals surface area contributed by atoms with Crippen molar-refractivity contribution < 1.29 is 128 Å². The fraction of sp³-hybridized carbons (Fsp3) is 0.467. The van der Waals surface area contributed by atoms with Gasteiger partial charge in [-0.05, 0) is 125 Å². The monoisotopic (exact) mass is 1690 g/mol. The van der Waals surface area contributed by atoms with Gasteiger partial charge in [0.25, 0.3) is 5.91 Å². The minimum absolute atomic E-state index is 0.0598. The summed E-state index contributed by atoms with van der Waals surface area (Å²) in [6.07, 6.45) is -12.5. The zero-order chi connectivity index (χ0) is 86.4. The van der Waals surface area contributed by atoms with E-state index in [9.17, 15) is 55.5 Å². The standard InChI is InChI=1S/C75H85F10N12O18PS/c1-40-22-45(29-59(98)88-47-25-46(66(102)110-8)26-51(30-47)117(11,108)109)61(57(23-40)115-116(105,106)107)71(2,3)31-60(99)114-58(37-95(93-65(101)63(91-70(104)112-10)73(6,7)75(83,84)85)36-52-53(76)27-44(28-54(52)77)55-20-21-96(92-55)67(78)79)56(89-64(100)62(90-69(103)111-9)72(4,5)74(80,81)82)24-42-15-12-41(13-16-42)14-17-43-32-86-68(87-33-43)94-34-48-18-19-49(35-94)97(48)50-38-113-39-50/h12-13,15-16,20-23,25-28,30,32-33,48-50,56,58,62-63,67H,18-19,24,29,31,34-39H2,1-11H3,(H,88,98)(H,89,100)(H,90,103)(H,91,104)(H,93,101)(H2,105,106,107)/t48?,49?,56-,58-,62+,63+/m0/s1. The van der Waals surface area contributed by atoms with Gasteiger partial charge in [-0.3, -0.25) is 39.3 Å². The smallest absolute Gasteiger partial charge is 0.465 e. The lowest BCUT2D eigenvalue weighted by atomic mass is 9.77. The quantitative estimate of drug-likeness (QED) is 0.00551. The third-order valence-corrected chi connectivity index (χ3v) is 21.6. The molecular formula is C75H85F10N12O18PS. The van der Waals surface area contributed by atoms with E-state index < -0.39 is 190 Å². The predicted octanol–water partition coefficient (Wildman–Crippen LogP) is 9.08. The number of benzene rings is 4. The van der Waals surface area contributed by atoms with E-state index >= 15 is 44.7 Å². The van der Waals surface area contributed by atoms with Crippen molar-refractivity contribution >= 4 is 71.1 Å². The Bertz CT molecular complexity index is 4910. The van der Waals surface area contributed by atoms with Crippen molar-refractivity contribution in [3.8, 4) is 28.8 Å². The average molecular weight is 1700 g/mol. The van der Waals surface area contributed by atoms with Gasteiger partial charge >= 0.3 is 50.8 Å². The molecule has 3 aliphatic heterocycles. The Morgan fingerprint density at radius 1 is 0.744 bits per heavy atom. The molecule has 4 aromatic carbocycles. The molecule has 0 spiro atoms. The number of esters is 2. The molecule has 7 N–H and O–H groups in total. The minimum Gasteiger partial charge on any atom is -0.465 e. The molecule has 0 radical (unpaired) electrons. The first-order valence-electron chi connectivity index (χ1n) is 35.8. The Hall–Kier alpha value is -10.5. The normalized spacial score (nSPS) is 16.6. The zero-order valence-corrected chi connectivity index (χ0v) is 66.5. The molecule has 3 fully saturated rings. The van der Waals surface area contributed by atoms with E-state index in [1.165, 1.54) is 63.5 Å². The summed E-state index contributed by atoms with van der Waals surface area (Å²) in [4.78, 5) is 133. The molecule has 0 aliphatic carbocycles. The number of aryl methyl sites for hydroxylation is 1. The van der Waals surface area contributed by atoms with Crippen molar-refractivity contribution in [1.82, 2.24) is 51.0 Å². The number of anilines is 2. The molecule has 9 rings (SSSR count). The van der Waals surface area contributed by atoms with Gasteiger partial charge in [-0.1, -0.05) is 43.9 Å². The van der Waals surface area contributed by atoms with E-state index in [-0.39, 0.29) is 43.7 Å². The van der Waals surface area contributed by atoms with Crippen LogP contribution in [0, 0.1) is 41.2 Å². The number of rotatable bonds is 30. The van der Waals surface area contributed by atoms with Gasteiger partial charge in [0.1, 0.15) is 35.6 Å². The van der Waals surface area contributed by atoms with Crippen LogP contribution in [-0.4, -0.2) is 205 Å².